The minimum Gasteiger partial charge on any atom is -0.447 e. The second-order valence-corrected chi connectivity index (χ2v) is 6.12. The molecule has 0 saturated heterocycles. The van der Waals surface area contributed by atoms with Crippen molar-refractivity contribution < 1.29 is 33.3 Å². The number of carbonyl (C=O) groups is 3. The number of anilines is 1. The Kier molecular flexibility index (Phi) is 12.4. The van der Waals surface area contributed by atoms with E-state index in [2.05, 4.69) is 16.0 Å². The molecule has 168 valence electrons. The van der Waals surface area contributed by atoms with Gasteiger partial charge < -0.3 is 29.6 Å². The number of amides is 3. The Morgan fingerprint density at radius 1 is 0.733 bits per heavy atom. The van der Waals surface area contributed by atoms with Crippen LogP contribution >= 0.6 is 0 Å². The molecule has 0 spiro atoms. The summed E-state index contributed by atoms with van der Waals surface area (Å²) in [6.45, 7) is 7.44. The van der Waals surface area contributed by atoms with E-state index >= 15 is 0 Å². The number of nitrogens with one attached hydrogen (secondary N) is 3. The highest BCUT2D eigenvalue weighted by Crippen LogP contribution is 2.17. The van der Waals surface area contributed by atoms with Crippen LogP contribution in [0.4, 0.5) is 20.1 Å². The molecule has 0 bridgehead atoms. The smallest absolute Gasteiger partial charge is 0.411 e. The molecule has 30 heavy (non-hydrogen) atoms. The molecule has 0 aliphatic heterocycles. The second-order valence-electron chi connectivity index (χ2n) is 6.12. The Morgan fingerprint density at radius 3 is 1.80 bits per heavy atom. The third kappa shape index (κ3) is 11.1. The maximum Gasteiger partial charge on any atom is 0.411 e. The Morgan fingerprint density at radius 2 is 1.30 bits per heavy atom. The molecule has 1 aromatic rings. The van der Waals surface area contributed by atoms with Crippen molar-refractivity contribution in [3.8, 4) is 0 Å². The molecule has 0 aliphatic carbocycles. The van der Waals surface area contributed by atoms with Gasteiger partial charge in [0.1, 0.15) is 19.8 Å². The molecule has 1 aromatic carbocycles. The molecular formula is C20H31N3O7. The van der Waals surface area contributed by atoms with Gasteiger partial charge >= 0.3 is 18.3 Å². The second kappa shape index (κ2) is 14.9. The summed E-state index contributed by atoms with van der Waals surface area (Å²) in [6, 6.07) is 5.00. The van der Waals surface area contributed by atoms with E-state index in [4.69, 9.17) is 18.9 Å². The van der Waals surface area contributed by atoms with E-state index < -0.39 is 18.3 Å². The number of ether oxygens (including phenoxy) is 4. The molecular weight excluding hydrogens is 394 g/mol. The minimum atomic E-state index is -0.646. The summed E-state index contributed by atoms with van der Waals surface area (Å²) in [5.41, 5.74) is 1.64. The van der Waals surface area contributed by atoms with Crippen molar-refractivity contribution in [3.05, 3.63) is 29.3 Å². The molecule has 0 unspecified atom stereocenters. The summed E-state index contributed by atoms with van der Waals surface area (Å²) in [5, 5.41) is 7.67. The van der Waals surface area contributed by atoms with Gasteiger partial charge in [0.15, 0.2) is 0 Å². The maximum absolute atomic E-state index is 12.0. The van der Waals surface area contributed by atoms with Crippen molar-refractivity contribution in [1.29, 1.82) is 0 Å². The van der Waals surface area contributed by atoms with Crippen molar-refractivity contribution in [2.75, 3.05) is 38.2 Å². The van der Waals surface area contributed by atoms with Gasteiger partial charge in [-0.05, 0) is 49.6 Å². The topological polar surface area (TPSA) is 124 Å². The van der Waals surface area contributed by atoms with Gasteiger partial charge in [-0.15, -0.1) is 0 Å². The van der Waals surface area contributed by atoms with Crippen molar-refractivity contribution in [1.82, 2.24) is 10.6 Å². The zero-order valence-electron chi connectivity index (χ0n) is 17.7. The first-order valence-corrected chi connectivity index (χ1v) is 9.94. The van der Waals surface area contributed by atoms with Crippen LogP contribution in [0.2, 0.25) is 0 Å². The first-order chi connectivity index (χ1) is 14.5. The fourth-order valence-electron chi connectivity index (χ4n) is 2.28. The molecule has 0 radical (unpaired) electrons. The molecule has 3 N–H and O–H groups in total. The highest BCUT2D eigenvalue weighted by Gasteiger charge is 2.10. The van der Waals surface area contributed by atoms with Crippen LogP contribution in [0, 0.1) is 0 Å². The number of alkyl carbamates (subject to hydrolysis) is 2. The van der Waals surface area contributed by atoms with Gasteiger partial charge in [0.05, 0.1) is 6.61 Å². The molecule has 0 heterocycles. The standard InChI is InChI=1S/C20H31N3O7/c1-4-7-27-8-9-28-20(26)23-17-11-15(13-29-18(24)21-5-2)10-16(12-17)14-30-19(25)22-6-3/h10-12H,4-9,13-14H2,1-3H3,(H,21,24)(H,22,25)(H,23,26). The predicted octanol–water partition coefficient (Wildman–Crippen LogP) is 3.15. The van der Waals surface area contributed by atoms with Gasteiger partial charge in [0, 0.05) is 25.4 Å². The van der Waals surface area contributed by atoms with E-state index in [9.17, 15) is 14.4 Å². The lowest BCUT2D eigenvalue weighted by atomic mass is 10.1. The van der Waals surface area contributed by atoms with Gasteiger partial charge in [-0.3, -0.25) is 5.32 Å². The Labute approximate surface area is 176 Å². The van der Waals surface area contributed by atoms with E-state index in [0.29, 0.717) is 43.1 Å². The highest BCUT2D eigenvalue weighted by molar-refractivity contribution is 5.84. The van der Waals surface area contributed by atoms with E-state index in [1.54, 1.807) is 32.0 Å². The lowest BCUT2D eigenvalue weighted by Crippen LogP contribution is -2.24. The van der Waals surface area contributed by atoms with Gasteiger partial charge in [-0.25, -0.2) is 14.4 Å². The third-order valence-electron chi connectivity index (χ3n) is 3.49. The third-order valence-corrected chi connectivity index (χ3v) is 3.49. The molecule has 0 aliphatic rings. The van der Waals surface area contributed by atoms with Crippen molar-refractivity contribution in [3.63, 3.8) is 0 Å². The first-order valence-electron chi connectivity index (χ1n) is 9.94. The Bertz CT molecular complexity index is 642. The summed E-state index contributed by atoms with van der Waals surface area (Å²) in [4.78, 5) is 35.1. The van der Waals surface area contributed by atoms with Crippen LogP contribution in [-0.2, 0) is 32.2 Å². The Hall–Kier alpha value is -3.01. The van der Waals surface area contributed by atoms with Gasteiger partial charge in [-0.2, -0.15) is 0 Å². The summed E-state index contributed by atoms with van der Waals surface area (Å²) in [6.07, 6.45) is -0.865. The van der Waals surface area contributed by atoms with Crippen molar-refractivity contribution >= 4 is 24.0 Å². The van der Waals surface area contributed by atoms with E-state index in [-0.39, 0.29) is 19.8 Å². The fourth-order valence-corrected chi connectivity index (χ4v) is 2.28. The number of rotatable bonds is 12. The number of hydrogen-bond acceptors (Lipinski definition) is 7. The normalized spacial score (nSPS) is 10.1. The van der Waals surface area contributed by atoms with Crippen LogP contribution in [0.5, 0.6) is 0 Å². The van der Waals surface area contributed by atoms with Crippen LogP contribution in [0.1, 0.15) is 38.3 Å². The maximum atomic E-state index is 12.0. The zero-order valence-corrected chi connectivity index (χ0v) is 17.7. The Balaban J connectivity index is 2.74. The van der Waals surface area contributed by atoms with E-state index in [0.717, 1.165) is 6.42 Å². The molecule has 0 fully saturated rings. The van der Waals surface area contributed by atoms with Gasteiger partial charge in [0.2, 0.25) is 0 Å². The van der Waals surface area contributed by atoms with Crippen LogP contribution in [-0.4, -0.2) is 51.2 Å². The predicted molar refractivity (Wildman–Crippen MR) is 110 cm³/mol. The molecule has 0 saturated carbocycles. The molecule has 3 amide bonds. The molecule has 10 nitrogen and oxygen atoms in total. The lowest BCUT2D eigenvalue weighted by molar-refractivity contribution is 0.0786. The molecule has 10 heteroatoms. The summed E-state index contributed by atoms with van der Waals surface area (Å²) in [7, 11) is 0. The number of carbonyl (C=O) groups excluding carboxylic acids is 3. The SMILES string of the molecule is CCCOCCOC(=O)Nc1cc(COC(=O)NCC)cc(COC(=O)NCC)c1. The van der Waals surface area contributed by atoms with Crippen LogP contribution < -0.4 is 16.0 Å². The number of benzene rings is 1. The quantitative estimate of drug-likeness (QED) is 0.347. The van der Waals surface area contributed by atoms with E-state index in [1.165, 1.54) is 0 Å². The van der Waals surface area contributed by atoms with Crippen molar-refractivity contribution in [2.24, 2.45) is 0 Å². The monoisotopic (exact) mass is 425 g/mol. The number of hydrogen-bond donors (Lipinski definition) is 3. The first kappa shape index (κ1) is 25.0. The molecule has 0 aromatic heterocycles. The van der Waals surface area contributed by atoms with E-state index in [1.807, 2.05) is 6.92 Å². The summed E-state index contributed by atoms with van der Waals surface area (Å²) >= 11 is 0. The van der Waals surface area contributed by atoms with Crippen LogP contribution in [0.3, 0.4) is 0 Å². The largest absolute Gasteiger partial charge is 0.447 e. The summed E-state index contributed by atoms with van der Waals surface area (Å²) in [5.74, 6) is 0. The van der Waals surface area contributed by atoms with Crippen LogP contribution in [0.15, 0.2) is 18.2 Å². The fraction of sp³-hybridized carbons (Fsp3) is 0.550. The average molecular weight is 425 g/mol. The minimum absolute atomic E-state index is 0.0184. The van der Waals surface area contributed by atoms with Crippen molar-refractivity contribution in [2.45, 2.75) is 40.4 Å². The van der Waals surface area contributed by atoms with Crippen LogP contribution in [0.25, 0.3) is 0 Å². The average Bonchev–Trinajstić information content (AvgIpc) is 2.71. The zero-order chi connectivity index (χ0) is 22.2. The summed E-state index contributed by atoms with van der Waals surface area (Å²) < 4.78 is 20.6. The molecule has 1 rings (SSSR count). The van der Waals surface area contributed by atoms with Gasteiger partial charge in [0.25, 0.3) is 0 Å². The molecule has 0 atom stereocenters. The highest BCUT2D eigenvalue weighted by atomic mass is 16.6. The lowest BCUT2D eigenvalue weighted by Gasteiger charge is -2.13. The van der Waals surface area contributed by atoms with Gasteiger partial charge in [-0.1, -0.05) is 6.92 Å².